The fraction of sp³-hybridized carbons (Fsp3) is 0.667. The van der Waals surface area contributed by atoms with Crippen LogP contribution in [0.3, 0.4) is 0 Å². The van der Waals surface area contributed by atoms with Crippen molar-refractivity contribution in [1.82, 2.24) is 0 Å². The molecule has 2 rings (SSSR count). The second-order valence-electron chi connectivity index (χ2n) is 6.49. The van der Waals surface area contributed by atoms with Gasteiger partial charge in [-0.25, -0.2) is 4.79 Å². The molecule has 128 valence electrons. The molecule has 0 saturated heterocycles. The van der Waals surface area contributed by atoms with E-state index in [4.69, 9.17) is 4.74 Å². The predicted molar refractivity (Wildman–Crippen MR) is 94.2 cm³/mol. The third-order valence-electron chi connectivity index (χ3n) is 4.00. The van der Waals surface area contributed by atoms with E-state index in [1.54, 1.807) is 11.3 Å². The van der Waals surface area contributed by atoms with Crippen LogP contribution in [0.4, 0.5) is 5.00 Å². The van der Waals surface area contributed by atoms with E-state index in [1.165, 1.54) is 17.7 Å². The minimum absolute atomic E-state index is 0.0280. The van der Waals surface area contributed by atoms with Crippen molar-refractivity contribution in [1.29, 1.82) is 0 Å². The lowest BCUT2D eigenvalue weighted by Crippen LogP contribution is -2.16. The van der Waals surface area contributed by atoms with Crippen LogP contribution in [-0.2, 0) is 22.4 Å². The molecule has 1 aromatic heterocycles. The Labute approximate surface area is 142 Å². The van der Waals surface area contributed by atoms with Gasteiger partial charge in [0, 0.05) is 11.3 Å². The number of rotatable bonds is 5. The lowest BCUT2D eigenvalue weighted by Gasteiger charge is -2.11. The molecule has 5 heteroatoms. The second-order valence-corrected chi connectivity index (χ2v) is 7.59. The average molecular weight is 337 g/mol. The third-order valence-corrected chi connectivity index (χ3v) is 5.20. The Bertz CT molecular complexity index is 563. The molecular formula is C18H27NO3S. The molecule has 1 amide bonds. The van der Waals surface area contributed by atoms with Gasteiger partial charge >= 0.3 is 5.97 Å². The quantitative estimate of drug-likeness (QED) is 0.801. The summed E-state index contributed by atoms with van der Waals surface area (Å²) in [7, 11) is 0. The molecule has 0 saturated carbocycles. The number of hydrogen-bond acceptors (Lipinski definition) is 4. The number of esters is 1. The lowest BCUT2D eigenvalue weighted by molar-refractivity contribution is -0.116. The van der Waals surface area contributed by atoms with Crippen LogP contribution in [0.25, 0.3) is 0 Å². The predicted octanol–water partition coefficient (Wildman–Crippen LogP) is 4.57. The van der Waals surface area contributed by atoms with E-state index in [-0.39, 0.29) is 11.9 Å². The highest BCUT2D eigenvalue weighted by molar-refractivity contribution is 7.17. The number of fused-ring (bicyclic) bond motifs is 1. The molecule has 1 N–H and O–H groups in total. The van der Waals surface area contributed by atoms with Crippen molar-refractivity contribution in [2.45, 2.75) is 65.7 Å². The van der Waals surface area contributed by atoms with Crippen molar-refractivity contribution >= 4 is 28.2 Å². The van der Waals surface area contributed by atoms with Gasteiger partial charge in [-0.05, 0) is 44.1 Å². The third kappa shape index (κ3) is 4.80. The molecule has 0 aliphatic heterocycles. The van der Waals surface area contributed by atoms with Crippen LogP contribution >= 0.6 is 11.3 Å². The molecule has 4 nitrogen and oxygen atoms in total. The van der Waals surface area contributed by atoms with Gasteiger partial charge in [0.15, 0.2) is 0 Å². The average Bonchev–Trinajstić information content (AvgIpc) is 2.75. The maximum atomic E-state index is 12.4. The fourth-order valence-electron chi connectivity index (χ4n) is 2.98. The number of ether oxygens (including phenoxy) is 1. The monoisotopic (exact) mass is 337 g/mol. The maximum Gasteiger partial charge on any atom is 0.341 e. The number of nitrogens with one attached hydrogen (secondary N) is 1. The SMILES string of the molecule is CCOC(=O)c1c(NC(=O)CC(C)C)sc2c1CCCCCC2. The van der Waals surface area contributed by atoms with E-state index in [0.717, 1.165) is 31.2 Å². The Hall–Kier alpha value is -1.36. The second kappa shape index (κ2) is 8.48. The maximum absolute atomic E-state index is 12.4. The molecule has 1 aromatic rings. The number of anilines is 1. The lowest BCUT2D eigenvalue weighted by atomic mass is 9.96. The van der Waals surface area contributed by atoms with E-state index in [1.807, 2.05) is 20.8 Å². The van der Waals surface area contributed by atoms with Crippen molar-refractivity contribution in [2.75, 3.05) is 11.9 Å². The minimum Gasteiger partial charge on any atom is -0.462 e. The largest absolute Gasteiger partial charge is 0.462 e. The minimum atomic E-state index is -0.301. The molecule has 1 aliphatic rings. The highest BCUT2D eigenvalue weighted by atomic mass is 32.1. The molecular weight excluding hydrogens is 310 g/mol. The van der Waals surface area contributed by atoms with Gasteiger partial charge in [0.2, 0.25) is 5.91 Å². The van der Waals surface area contributed by atoms with Crippen molar-refractivity contribution in [3.8, 4) is 0 Å². The van der Waals surface area contributed by atoms with E-state index < -0.39 is 0 Å². The van der Waals surface area contributed by atoms with Crippen LogP contribution in [0.15, 0.2) is 0 Å². The highest BCUT2D eigenvalue weighted by Gasteiger charge is 2.26. The van der Waals surface area contributed by atoms with E-state index in [0.29, 0.717) is 29.5 Å². The number of aryl methyl sites for hydroxylation is 1. The zero-order valence-electron chi connectivity index (χ0n) is 14.4. The van der Waals surface area contributed by atoms with Crippen molar-refractivity contribution in [2.24, 2.45) is 5.92 Å². The highest BCUT2D eigenvalue weighted by Crippen LogP contribution is 2.37. The first-order valence-electron chi connectivity index (χ1n) is 8.64. The van der Waals surface area contributed by atoms with E-state index >= 15 is 0 Å². The summed E-state index contributed by atoms with van der Waals surface area (Å²) in [5, 5.41) is 3.64. The summed E-state index contributed by atoms with van der Waals surface area (Å²) in [6.07, 6.45) is 7.04. The Morgan fingerprint density at radius 3 is 2.52 bits per heavy atom. The Morgan fingerprint density at radius 1 is 1.17 bits per heavy atom. The molecule has 1 aliphatic carbocycles. The number of carbonyl (C=O) groups is 2. The summed E-state index contributed by atoms with van der Waals surface area (Å²) >= 11 is 1.56. The summed E-state index contributed by atoms with van der Waals surface area (Å²) in [6.45, 7) is 6.19. The number of hydrogen-bond donors (Lipinski definition) is 1. The normalized spacial score (nSPS) is 14.8. The molecule has 23 heavy (non-hydrogen) atoms. The van der Waals surface area contributed by atoms with Crippen LogP contribution in [-0.4, -0.2) is 18.5 Å². The zero-order valence-corrected chi connectivity index (χ0v) is 15.2. The fourth-order valence-corrected chi connectivity index (χ4v) is 4.27. The Morgan fingerprint density at radius 2 is 1.87 bits per heavy atom. The summed E-state index contributed by atoms with van der Waals surface area (Å²) in [4.78, 5) is 25.8. The van der Waals surface area contributed by atoms with E-state index in [2.05, 4.69) is 5.32 Å². The van der Waals surface area contributed by atoms with Gasteiger partial charge in [-0.1, -0.05) is 26.7 Å². The van der Waals surface area contributed by atoms with Crippen LogP contribution in [0.5, 0.6) is 0 Å². The van der Waals surface area contributed by atoms with Crippen molar-refractivity contribution < 1.29 is 14.3 Å². The van der Waals surface area contributed by atoms with Gasteiger partial charge in [-0.3, -0.25) is 4.79 Å². The number of thiophene rings is 1. The molecule has 0 aromatic carbocycles. The van der Waals surface area contributed by atoms with Gasteiger partial charge in [-0.15, -0.1) is 11.3 Å². The standard InChI is InChI=1S/C18H27NO3S/c1-4-22-18(21)16-13-9-7-5-6-8-10-14(13)23-17(16)19-15(20)11-12(2)3/h12H,4-11H2,1-3H3,(H,19,20). The molecule has 0 atom stereocenters. The summed E-state index contributed by atoms with van der Waals surface area (Å²) in [5.41, 5.74) is 1.71. The molecule has 0 unspecified atom stereocenters. The zero-order chi connectivity index (χ0) is 16.8. The smallest absolute Gasteiger partial charge is 0.341 e. The molecule has 1 heterocycles. The van der Waals surface area contributed by atoms with Gasteiger partial charge in [0.25, 0.3) is 0 Å². The molecule has 0 spiro atoms. The Balaban J connectivity index is 2.33. The first kappa shape index (κ1) is 18.0. The van der Waals surface area contributed by atoms with E-state index in [9.17, 15) is 9.59 Å². The van der Waals surface area contributed by atoms with Crippen LogP contribution in [0.1, 0.15) is 73.7 Å². The number of carbonyl (C=O) groups excluding carboxylic acids is 2. The molecule has 0 radical (unpaired) electrons. The summed E-state index contributed by atoms with van der Waals surface area (Å²) < 4.78 is 5.24. The summed E-state index contributed by atoms with van der Waals surface area (Å²) in [6, 6.07) is 0. The Kier molecular flexibility index (Phi) is 6.63. The van der Waals surface area contributed by atoms with Gasteiger partial charge in [0.1, 0.15) is 5.00 Å². The molecule has 0 bridgehead atoms. The molecule has 0 fully saturated rings. The first-order valence-corrected chi connectivity index (χ1v) is 9.46. The number of amides is 1. The van der Waals surface area contributed by atoms with Gasteiger partial charge < -0.3 is 10.1 Å². The van der Waals surface area contributed by atoms with Crippen molar-refractivity contribution in [3.63, 3.8) is 0 Å². The van der Waals surface area contributed by atoms with Crippen LogP contribution < -0.4 is 5.32 Å². The van der Waals surface area contributed by atoms with Crippen LogP contribution in [0.2, 0.25) is 0 Å². The first-order chi connectivity index (χ1) is 11.0. The van der Waals surface area contributed by atoms with Crippen LogP contribution in [0, 0.1) is 5.92 Å². The summed E-state index contributed by atoms with van der Waals surface area (Å²) in [5.74, 6) is -0.0350. The van der Waals surface area contributed by atoms with Crippen molar-refractivity contribution in [3.05, 3.63) is 16.0 Å². The van der Waals surface area contributed by atoms with Gasteiger partial charge in [-0.2, -0.15) is 0 Å². The topological polar surface area (TPSA) is 55.4 Å². The van der Waals surface area contributed by atoms with Gasteiger partial charge in [0.05, 0.1) is 12.2 Å².